The Labute approximate surface area is 306 Å². The van der Waals surface area contributed by atoms with Gasteiger partial charge in [-0.15, -0.1) is 0 Å². The zero-order valence-electron chi connectivity index (χ0n) is 28.6. The molecule has 0 bridgehead atoms. The van der Waals surface area contributed by atoms with Crippen molar-refractivity contribution in [3.05, 3.63) is 188 Å². The minimum absolute atomic E-state index is 0.589. The maximum absolute atomic E-state index is 6.54. The third kappa shape index (κ3) is 5.73. The van der Waals surface area contributed by atoms with E-state index in [1.807, 2.05) is 60.7 Å². The second-order valence-electron chi connectivity index (χ2n) is 13.3. The van der Waals surface area contributed by atoms with Gasteiger partial charge in [0, 0.05) is 27.5 Å². The summed E-state index contributed by atoms with van der Waals surface area (Å²) in [6, 6.07) is 65.2. The highest BCUT2D eigenvalue weighted by atomic mass is 16.3. The topological polar surface area (TPSA) is 51.8 Å². The lowest BCUT2D eigenvalue weighted by Gasteiger charge is -2.12. The maximum atomic E-state index is 6.54. The summed E-state index contributed by atoms with van der Waals surface area (Å²) < 4.78 is 6.54. The summed E-state index contributed by atoms with van der Waals surface area (Å²) >= 11 is 0. The van der Waals surface area contributed by atoms with E-state index in [9.17, 15) is 0 Å². The van der Waals surface area contributed by atoms with E-state index >= 15 is 0 Å². The first kappa shape index (κ1) is 30.6. The van der Waals surface area contributed by atoms with Crippen molar-refractivity contribution in [1.82, 2.24) is 15.0 Å². The van der Waals surface area contributed by atoms with Crippen molar-refractivity contribution in [2.75, 3.05) is 0 Å². The van der Waals surface area contributed by atoms with E-state index in [4.69, 9.17) is 19.4 Å². The van der Waals surface area contributed by atoms with Crippen LogP contribution in [0.2, 0.25) is 0 Å². The summed E-state index contributed by atoms with van der Waals surface area (Å²) in [4.78, 5) is 15.5. The Morgan fingerprint density at radius 2 is 0.811 bits per heavy atom. The van der Waals surface area contributed by atoms with E-state index in [1.165, 1.54) is 16.7 Å². The van der Waals surface area contributed by atoms with Gasteiger partial charge in [-0.05, 0) is 80.6 Å². The van der Waals surface area contributed by atoms with Crippen LogP contribution in [0.4, 0.5) is 0 Å². The molecule has 0 N–H and O–H groups in total. The minimum Gasteiger partial charge on any atom is -0.456 e. The zero-order valence-corrected chi connectivity index (χ0v) is 28.6. The van der Waals surface area contributed by atoms with E-state index in [0.29, 0.717) is 17.5 Å². The molecule has 0 unspecified atom stereocenters. The Morgan fingerprint density at radius 1 is 0.302 bits per heavy atom. The lowest BCUT2D eigenvalue weighted by Crippen LogP contribution is -2.00. The molecule has 0 radical (unpaired) electrons. The number of rotatable bonds is 6. The number of hydrogen-bond donors (Lipinski definition) is 0. The molecule has 0 fully saturated rings. The molecule has 2 aromatic heterocycles. The molecule has 0 amide bonds. The van der Waals surface area contributed by atoms with Crippen LogP contribution in [0.1, 0.15) is 0 Å². The molecular weight excluding hydrogens is 647 g/mol. The van der Waals surface area contributed by atoms with Crippen molar-refractivity contribution in [2.24, 2.45) is 0 Å². The molecule has 10 aromatic rings. The molecular formula is C49H31N3O. The second kappa shape index (κ2) is 12.9. The van der Waals surface area contributed by atoms with Gasteiger partial charge in [-0.3, -0.25) is 0 Å². The molecule has 8 aromatic carbocycles. The maximum Gasteiger partial charge on any atom is 0.164 e. The van der Waals surface area contributed by atoms with Crippen molar-refractivity contribution >= 4 is 32.7 Å². The number of fused-ring (bicyclic) bond motifs is 4. The fraction of sp³-hybridized carbons (Fsp3) is 0. The van der Waals surface area contributed by atoms with Crippen LogP contribution in [0.5, 0.6) is 0 Å². The van der Waals surface area contributed by atoms with Gasteiger partial charge >= 0.3 is 0 Å². The summed E-state index contributed by atoms with van der Waals surface area (Å²) in [6.45, 7) is 0. The molecule has 248 valence electrons. The SMILES string of the molecule is c1ccc(-c2cccc(-c3cc(-c4nc(-c5ccccc5)nc(-c5ccc6cc(-c7ccccc7)ccc6c5)n4)c4c(c3)oc3ccccc34)c2)cc1. The molecule has 0 spiro atoms. The number of aromatic nitrogens is 3. The van der Waals surface area contributed by atoms with Crippen LogP contribution < -0.4 is 0 Å². The van der Waals surface area contributed by atoms with E-state index < -0.39 is 0 Å². The van der Waals surface area contributed by atoms with Crippen LogP contribution in [-0.4, -0.2) is 15.0 Å². The molecule has 0 aliphatic rings. The second-order valence-corrected chi connectivity index (χ2v) is 13.3. The van der Waals surface area contributed by atoms with E-state index in [2.05, 4.69) is 127 Å². The molecule has 0 atom stereocenters. The monoisotopic (exact) mass is 677 g/mol. The number of para-hydroxylation sites is 1. The fourth-order valence-electron chi connectivity index (χ4n) is 7.24. The third-order valence-electron chi connectivity index (χ3n) is 9.90. The lowest BCUT2D eigenvalue weighted by molar-refractivity contribution is 0.669. The Kier molecular flexibility index (Phi) is 7.43. The Bertz CT molecular complexity index is 2940. The zero-order chi connectivity index (χ0) is 35.1. The summed E-state index contributed by atoms with van der Waals surface area (Å²) in [5.74, 6) is 1.81. The summed E-state index contributed by atoms with van der Waals surface area (Å²) in [5.41, 5.74) is 11.1. The minimum atomic E-state index is 0.589. The van der Waals surface area contributed by atoms with Crippen LogP contribution in [-0.2, 0) is 0 Å². The van der Waals surface area contributed by atoms with Crippen LogP contribution in [0.3, 0.4) is 0 Å². The first-order chi connectivity index (χ1) is 26.2. The van der Waals surface area contributed by atoms with Gasteiger partial charge < -0.3 is 4.42 Å². The van der Waals surface area contributed by atoms with Crippen molar-refractivity contribution in [3.8, 4) is 67.5 Å². The van der Waals surface area contributed by atoms with Crippen LogP contribution in [0.25, 0.3) is 100 Å². The predicted molar refractivity (Wildman–Crippen MR) is 217 cm³/mol. The average Bonchev–Trinajstić information content (AvgIpc) is 3.62. The molecule has 2 heterocycles. The summed E-state index contributed by atoms with van der Waals surface area (Å²) in [6.07, 6.45) is 0. The summed E-state index contributed by atoms with van der Waals surface area (Å²) in [5, 5.41) is 4.27. The molecule has 53 heavy (non-hydrogen) atoms. The van der Waals surface area contributed by atoms with Gasteiger partial charge in [0.15, 0.2) is 17.5 Å². The van der Waals surface area contributed by atoms with Gasteiger partial charge in [0.2, 0.25) is 0 Å². The standard InChI is InChI=1S/C49H31N3O/c1-4-13-32(14-5-1)35-19-12-20-36(27-35)41-30-43(46-42-21-10-11-22-44(42)53-45(46)31-41)49-51-47(34-17-8-3-9-18-34)50-48(52-49)40-26-25-38-28-37(23-24-39(38)29-40)33-15-6-2-7-16-33/h1-31H. The van der Waals surface area contributed by atoms with Crippen LogP contribution in [0, 0.1) is 0 Å². The molecule has 0 saturated heterocycles. The Hall–Kier alpha value is -7.17. The normalized spacial score (nSPS) is 11.4. The number of hydrogen-bond acceptors (Lipinski definition) is 4. The van der Waals surface area contributed by atoms with Crippen LogP contribution in [0.15, 0.2) is 192 Å². The van der Waals surface area contributed by atoms with E-state index in [1.54, 1.807) is 0 Å². The molecule has 0 aliphatic carbocycles. The highest BCUT2D eigenvalue weighted by molar-refractivity contribution is 6.13. The quantitative estimate of drug-likeness (QED) is 0.176. The third-order valence-corrected chi connectivity index (χ3v) is 9.90. The van der Waals surface area contributed by atoms with Crippen molar-refractivity contribution in [1.29, 1.82) is 0 Å². The molecule has 0 saturated carbocycles. The van der Waals surface area contributed by atoms with Crippen molar-refractivity contribution in [2.45, 2.75) is 0 Å². The predicted octanol–water partition coefficient (Wildman–Crippen LogP) is 12.9. The molecule has 4 nitrogen and oxygen atoms in total. The highest BCUT2D eigenvalue weighted by Crippen LogP contribution is 2.40. The summed E-state index contributed by atoms with van der Waals surface area (Å²) in [7, 11) is 0. The van der Waals surface area contributed by atoms with Gasteiger partial charge in [-0.25, -0.2) is 15.0 Å². The first-order valence-electron chi connectivity index (χ1n) is 17.8. The van der Waals surface area contributed by atoms with Crippen LogP contribution >= 0.6 is 0 Å². The largest absolute Gasteiger partial charge is 0.456 e. The van der Waals surface area contributed by atoms with E-state index in [-0.39, 0.29) is 0 Å². The molecule has 10 rings (SSSR count). The smallest absolute Gasteiger partial charge is 0.164 e. The number of furan rings is 1. The molecule has 0 aliphatic heterocycles. The van der Waals surface area contributed by atoms with Gasteiger partial charge in [0.1, 0.15) is 11.2 Å². The first-order valence-corrected chi connectivity index (χ1v) is 17.8. The van der Waals surface area contributed by atoms with Gasteiger partial charge in [-0.2, -0.15) is 0 Å². The fourth-order valence-corrected chi connectivity index (χ4v) is 7.24. The Morgan fingerprint density at radius 3 is 1.51 bits per heavy atom. The average molecular weight is 678 g/mol. The number of benzene rings is 8. The van der Waals surface area contributed by atoms with Crippen molar-refractivity contribution < 1.29 is 4.42 Å². The highest BCUT2D eigenvalue weighted by Gasteiger charge is 2.20. The lowest BCUT2D eigenvalue weighted by atomic mass is 9.95. The van der Waals surface area contributed by atoms with E-state index in [0.717, 1.165) is 66.1 Å². The Balaban J connectivity index is 1.18. The number of nitrogens with zero attached hydrogens (tertiary/aromatic N) is 3. The van der Waals surface area contributed by atoms with Gasteiger partial charge in [0.25, 0.3) is 0 Å². The van der Waals surface area contributed by atoms with Crippen molar-refractivity contribution in [3.63, 3.8) is 0 Å². The van der Waals surface area contributed by atoms with Gasteiger partial charge in [-0.1, -0.05) is 152 Å². The van der Waals surface area contributed by atoms with Gasteiger partial charge in [0.05, 0.1) is 0 Å². The molecule has 4 heteroatoms.